The topological polar surface area (TPSA) is 77.1 Å². The standard InChI is InChI=1S/C23H34BFN2O5/c1-21(2,3)30-20(29)27-12-8-9-16(14-27)26-19(28)17-11-10-15(13-18(17)25)24-31-22(4,5)23(6,7)32-24/h10-11,13,16H,8-9,12,14H2,1-7H3,(H,26,28)/t16-/m1/s1. The van der Waals surface area contributed by atoms with E-state index in [4.69, 9.17) is 14.0 Å². The lowest BCUT2D eigenvalue weighted by Gasteiger charge is -2.34. The van der Waals surface area contributed by atoms with Gasteiger partial charge in [0.05, 0.1) is 16.8 Å². The van der Waals surface area contributed by atoms with Crippen LogP contribution in [-0.4, -0.2) is 60.0 Å². The molecule has 2 amide bonds. The fraction of sp³-hybridized carbons (Fsp3) is 0.652. The molecular formula is C23H34BFN2O5. The third-order valence-electron chi connectivity index (χ3n) is 6.17. The number of carbonyl (C=O) groups excluding carboxylic acids is 2. The molecule has 176 valence electrons. The van der Waals surface area contributed by atoms with E-state index in [1.165, 1.54) is 12.1 Å². The molecule has 3 rings (SSSR count). The Balaban J connectivity index is 1.64. The Morgan fingerprint density at radius 1 is 1.19 bits per heavy atom. The molecule has 32 heavy (non-hydrogen) atoms. The number of nitrogens with one attached hydrogen (secondary N) is 1. The van der Waals surface area contributed by atoms with Crippen LogP contribution in [-0.2, 0) is 14.0 Å². The second kappa shape index (κ2) is 8.67. The zero-order chi connectivity index (χ0) is 23.9. The van der Waals surface area contributed by atoms with E-state index in [0.29, 0.717) is 25.0 Å². The number of likely N-dealkylation sites (tertiary alicyclic amines) is 1. The van der Waals surface area contributed by atoms with Gasteiger partial charge in [-0.15, -0.1) is 0 Å². The van der Waals surface area contributed by atoms with Crippen LogP contribution in [0.4, 0.5) is 9.18 Å². The summed E-state index contributed by atoms with van der Waals surface area (Å²) in [4.78, 5) is 26.6. The molecule has 0 saturated carbocycles. The van der Waals surface area contributed by atoms with Crippen molar-refractivity contribution in [1.82, 2.24) is 10.2 Å². The van der Waals surface area contributed by atoms with Gasteiger partial charge in [0.15, 0.2) is 0 Å². The highest BCUT2D eigenvalue weighted by Crippen LogP contribution is 2.36. The van der Waals surface area contributed by atoms with Crippen LogP contribution in [0.3, 0.4) is 0 Å². The minimum Gasteiger partial charge on any atom is -0.444 e. The van der Waals surface area contributed by atoms with Gasteiger partial charge in [-0.05, 0) is 78.9 Å². The monoisotopic (exact) mass is 448 g/mol. The maximum atomic E-state index is 14.8. The lowest BCUT2D eigenvalue weighted by Crippen LogP contribution is -2.50. The Morgan fingerprint density at radius 3 is 2.38 bits per heavy atom. The van der Waals surface area contributed by atoms with Crippen molar-refractivity contribution in [3.05, 3.63) is 29.6 Å². The SMILES string of the molecule is CC(C)(C)OC(=O)N1CCC[C@@H](NC(=O)c2ccc(B3OC(C)(C)C(C)(C)O3)cc2F)C1. The summed E-state index contributed by atoms with van der Waals surface area (Å²) in [6.45, 7) is 14.0. The van der Waals surface area contributed by atoms with Crippen molar-refractivity contribution in [3.8, 4) is 0 Å². The number of halogens is 1. The molecule has 2 saturated heterocycles. The molecule has 0 bridgehead atoms. The van der Waals surface area contributed by atoms with Gasteiger partial charge in [0.25, 0.3) is 5.91 Å². The number of ether oxygens (including phenoxy) is 1. The lowest BCUT2D eigenvalue weighted by molar-refractivity contribution is 0.00578. The molecule has 0 unspecified atom stereocenters. The van der Waals surface area contributed by atoms with Crippen LogP contribution < -0.4 is 10.8 Å². The average molecular weight is 448 g/mol. The van der Waals surface area contributed by atoms with Gasteiger partial charge in [-0.2, -0.15) is 0 Å². The quantitative estimate of drug-likeness (QED) is 0.719. The van der Waals surface area contributed by atoms with Crippen molar-refractivity contribution in [3.63, 3.8) is 0 Å². The molecule has 2 aliphatic heterocycles. The van der Waals surface area contributed by atoms with Crippen molar-refractivity contribution in [2.45, 2.75) is 84.2 Å². The second-order valence-corrected chi connectivity index (χ2v) is 10.6. The second-order valence-electron chi connectivity index (χ2n) is 10.6. The molecule has 7 nitrogen and oxygen atoms in total. The third kappa shape index (κ3) is 5.43. The fourth-order valence-corrected chi connectivity index (χ4v) is 3.69. The Kier molecular flexibility index (Phi) is 6.64. The van der Waals surface area contributed by atoms with E-state index in [-0.39, 0.29) is 11.6 Å². The van der Waals surface area contributed by atoms with Gasteiger partial charge in [0, 0.05) is 19.1 Å². The van der Waals surface area contributed by atoms with Gasteiger partial charge in [0.1, 0.15) is 11.4 Å². The highest BCUT2D eigenvalue weighted by molar-refractivity contribution is 6.62. The molecule has 1 atom stereocenters. The first kappa shape index (κ1) is 24.5. The molecule has 2 fully saturated rings. The van der Waals surface area contributed by atoms with Crippen molar-refractivity contribution in [2.24, 2.45) is 0 Å². The summed E-state index contributed by atoms with van der Waals surface area (Å²) in [6, 6.07) is 4.10. The predicted molar refractivity (Wildman–Crippen MR) is 120 cm³/mol. The Morgan fingerprint density at radius 2 is 1.81 bits per heavy atom. The molecule has 0 aliphatic carbocycles. The normalized spacial score (nSPS) is 22.6. The molecular weight excluding hydrogens is 414 g/mol. The number of carbonyl (C=O) groups is 2. The van der Waals surface area contributed by atoms with E-state index >= 15 is 0 Å². The van der Waals surface area contributed by atoms with Gasteiger partial charge in [0.2, 0.25) is 0 Å². The highest BCUT2D eigenvalue weighted by atomic mass is 19.1. The zero-order valence-electron chi connectivity index (χ0n) is 20.1. The predicted octanol–water partition coefficient (Wildman–Crippen LogP) is 3.25. The molecule has 1 N–H and O–H groups in total. The fourth-order valence-electron chi connectivity index (χ4n) is 3.69. The van der Waals surface area contributed by atoms with Crippen molar-refractivity contribution in [2.75, 3.05) is 13.1 Å². The van der Waals surface area contributed by atoms with Crippen LogP contribution in [0.5, 0.6) is 0 Å². The first-order valence-electron chi connectivity index (χ1n) is 11.1. The van der Waals surface area contributed by atoms with E-state index < -0.39 is 41.7 Å². The van der Waals surface area contributed by atoms with Gasteiger partial charge in [-0.1, -0.05) is 6.07 Å². The smallest absolute Gasteiger partial charge is 0.444 e. The van der Waals surface area contributed by atoms with Gasteiger partial charge in [-0.25, -0.2) is 9.18 Å². The first-order chi connectivity index (χ1) is 14.7. The van der Waals surface area contributed by atoms with Crippen molar-refractivity contribution >= 4 is 24.6 Å². The molecule has 1 aromatic carbocycles. The summed E-state index contributed by atoms with van der Waals surface area (Å²) in [6.07, 6.45) is 1.03. The average Bonchev–Trinajstić information content (AvgIpc) is 2.87. The maximum absolute atomic E-state index is 14.8. The number of amides is 2. The van der Waals surface area contributed by atoms with Crippen LogP contribution in [0.15, 0.2) is 18.2 Å². The summed E-state index contributed by atoms with van der Waals surface area (Å²) in [5.74, 6) is -1.16. The lowest BCUT2D eigenvalue weighted by atomic mass is 9.78. The van der Waals surface area contributed by atoms with Crippen LogP contribution in [0, 0.1) is 5.82 Å². The summed E-state index contributed by atoms with van der Waals surface area (Å²) in [5, 5.41) is 2.85. The Labute approximate surface area is 190 Å². The summed E-state index contributed by atoms with van der Waals surface area (Å²) >= 11 is 0. The molecule has 0 spiro atoms. The summed E-state index contributed by atoms with van der Waals surface area (Å²) < 4.78 is 32.2. The third-order valence-corrected chi connectivity index (χ3v) is 6.17. The van der Waals surface area contributed by atoms with Crippen LogP contribution in [0.25, 0.3) is 0 Å². The maximum Gasteiger partial charge on any atom is 0.494 e. The molecule has 1 aromatic rings. The minimum atomic E-state index is -0.702. The van der Waals surface area contributed by atoms with E-state index in [0.717, 1.165) is 6.42 Å². The van der Waals surface area contributed by atoms with Crippen molar-refractivity contribution in [1.29, 1.82) is 0 Å². The molecule has 2 heterocycles. The van der Waals surface area contributed by atoms with Crippen LogP contribution in [0.1, 0.15) is 71.7 Å². The number of hydrogen-bond donors (Lipinski definition) is 1. The largest absolute Gasteiger partial charge is 0.494 e. The Hall–Kier alpha value is -2.13. The van der Waals surface area contributed by atoms with Gasteiger partial charge >= 0.3 is 13.2 Å². The van der Waals surface area contributed by atoms with Crippen LogP contribution >= 0.6 is 0 Å². The number of nitrogens with zero attached hydrogens (tertiary/aromatic N) is 1. The van der Waals surface area contributed by atoms with E-state index in [9.17, 15) is 14.0 Å². The molecule has 0 radical (unpaired) electrons. The van der Waals surface area contributed by atoms with Crippen LogP contribution in [0.2, 0.25) is 0 Å². The summed E-state index contributed by atoms with van der Waals surface area (Å²) in [5.41, 5.74) is -1.20. The number of hydrogen-bond acceptors (Lipinski definition) is 5. The summed E-state index contributed by atoms with van der Waals surface area (Å²) in [7, 11) is -0.702. The first-order valence-corrected chi connectivity index (χ1v) is 11.1. The van der Waals surface area contributed by atoms with Gasteiger partial charge in [-0.3, -0.25) is 4.79 Å². The minimum absolute atomic E-state index is 0.0559. The van der Waals surface area contributed by atoms with E-state index in [2.05, 4.69) is 5.32 Å². The Bertz CT molecular complexity index is 868. The molecule has 2 aliphatic rings. The molecule has 9 heteroatoms. The zero-order valence-corrected chi connectivity index (χ0v) is 20.1. The van der Waals surface area contributed by atoms with Gasteiger partial charge < -0.3 is 24.3 Å². The highest BCUT2D eigenvalue weighted by Gasteiger charge is 2.51. The molecule has 0 aromatic heterocycles. The number of rotatable bonds is 3. The van der Waals surface area contributed by atoms with E-state index in [1.54, 1.807) is 11.0 Å². The van der Waals surface area contributed by atoms with E-state index in [1.807, 2.05) is 48.5 Å². The van der Waals surface area contributed by atoms with Crippen molar-refractivity contribution < 1.29 is 28.0 Å². The number of piperidine rings is 1. The number of benzene rings is 1.